The van der Waals surface area contributed by atoms with Crippen LogP contribution in [-0.2, 0) is 12.6 Å². The van der Waals surface area contributed by atoms with Gasteiger partial charge in [-0.3, -0.25) is 4.79 Å². The molecular weight excluding hydrogens is 465 g/mol. The van der Waals surface area contributed by atoms with E-state index in [2.05, 4.69) is 20.4 Å². The van der Waals surface area contributed by atoms with Crippen molar-refractivity contribution in [2.75, 3.05) is 31.1 Å². The average Bonchev–Trinajstić information content (AvgIpc) is 3.57. The molecule has 0 radical (unpaired) electrons. The Morgan fingerprint density at radius 3 is 2.41 bits per heavy atom. The molecule has 34 heavy (non-hydrogen) atoms. The van der Waals surface area contributed by atoms with Gasteiger partial charge >= 0.3 is 6.18 Å². The number of hydrogen-bond acceptors (Lipinski definition) is 7. The summed E-state index contributed by atoms with van der Waals surface area (Å²) in [4.78, 5) is 16.2. The van der Waals surface area contributed by atoms with Gasteiger partial charge in [0.05, 0.1) is 11.1 Å². The van der Waals surface area contributed by atoms with Crippen molar-refractivity contribution in [1.29, 1.82) is 0 Å². The van der Waals surface area contributed by atoms with E-state index in [1.807, 2.05) is 17.0 Å². The van der Waals surface area contributed by atoms with E-state index in [0.717, 1.165) is 34.8 Å². The Morgan fingerprint density at radius 1 is 0.971 bits per heavy atom. The monoisotopic (exact) mass is 488 g/mol. The van der Waals surface area contributed by atoms with Crippen molar-refractivity contribution in [3.63, 3.8) is 0 Å². The van der Waals surface area contributed by atoms with Gasteiger partial charge in [-0.1, -0.05) is 36.3 Å². The molecule has 0 N–H and O–H groups in total. The first-order valence-corrected chi connectivity index (χ1v) is 12.1. The van der Waals surface area contributed by atoms with Crippen LogP contribution in [0, 0.1) is 5.92 Å². The molecule has 178 valence electrons. The predicted molar refractivity (Wildman–Crippen MR) is 122 cm³/mol. The highest BCUT2D eigenvalue weighted by molar-refractivity contribution is 7.14. The van der Waals surface area contributed by atoms with Gasteiger partial charge in [0.2, 0.25) is 0 Å². The van der Waals surface area contributed by atoms with Crippen molar-refractivity contribution < 1.29 is 18.0 Å². The number of rotatable bonds is 6. The summed E-state index contributed by atoms with van der Waals surface area (Å²) in [7, 11) is 0. The lowest BCUT2D eigenvalue weighted by molar-refractivity contribution is -0.138. The third-order valence-corrected chi connectivity index (χ3v) is 7.16. The highest BCUT2D eigenvalue weighted by Crippen LogP contribution is 2.35. The fourth-order valence-electron chi connectivity index (χ4n) is 4.03. The quantitative estimate of drug-likeness (QED) is 0.515. The topological polar surface area (TPSA) is 75.1 Å². The zero-order valence-corrected chi connectivity index (χ0v) is 19.1. The van der Waals surface area contributed by atoms with Gasteiger partial charge in [-0.2, -0.15) is 13.2 Å². The molecule has 1 aliphatic carbocycles. The van der Waals surface area contributed by atoms with Gasteiger partial charge in [0.15, 0.2) is 10.8 Å². The summed E-state index contributed by atoms with van der Waals surface area (Å²) in [5.74, 6) is 0.898. The number of anilines is 1. The molecule has 1 saturated heterocycles. The molecule has 0 spiro atoms. The fraction of sp³-hybridized carbons (Fsp3) is 0.435. The van der Waals surface area contributed by atoms with Gasteiger partial charge in [-0.05, 0) is 36.6 Å². The van der Waals surface area contributed by atoms with E-state index in [9.17, 15) is 18.0 Å². The van der Waals surface area contributed by atoms with E-state index < -0.39 is 17.6 Å². The van der Waals surface area contributed by atoms with Gasteiger partial charge < -0.3 is 9.80 Å². The zero-order valence-electron chi connectivity index (χ0n) is 18.3. The summed E-state index contributed by atoms with van der Waals surface area (Å²) in [6.07, 6.45) is 0.180. The largest absolute Gasteiger partial charge is 0.417 e. The Kier molecular flexibility index (Phi) is 6.20. The second kappa shape index (κ2) is 9.28. The van der Waals surface area contributed by atoms with E-state index in [4.69, 9.17) is 0 Å². The van der Waals surface area contributed by atoms with E-state index in [1.54, 1.807) is 0 Å². The van der Waals surface area contributed by atoms with Crippen molar-refractivity contribution in [2.45, 2.75) is 31.9 Å². The number of carbonyl (C=O) groups is 1. The minimum absolute atomic E-state index is 0.301. The molecule has 1 aliphatic heterocycles. The van der Waals surface area contributed by atoms with E-state index in [0.29, 0.717) is 37.7 Å². The number of nitrogens with zero attached hydrogens (tertiary/aromatic N) is 6. The summed E-state index contributed by atoms with van der Waals surface area (Å²) in [6.45, 7) is 1.51. The molecule has 1 saturated carbocycles. The van der Waals surface area contributed by atoms with Crippen LogP contribution in [0.2, 0.25) is 0 Å². The number of piperazine rings is 1. The minimum Gasteiger partial charge on any atom is -0.352 e. The third-order valence-electron chi connectivity index (χ3n) is 6.15. The van der Waals surface area contributed by atoms with Gasteiger partial charge in [-0.15, -0.1) is 20.4 Å². The van der Waals surface area contributed by atoms with Crippen LogP contribution in [0.25, 0.3) is 10.7 Å². The first-order chi connectivity index (χ1) is 16.4. The number of aryl methyl sites for hydroxylation is 1. The van der Waals surface area contributed by atoms with Gasteiger partial charge in [0.25, 0.3) is 5.91 Å². The minimum atomic E-state index is -4.57. The maximum atomic E-state index is 13.3. The second-order valence-electron chi connectivity index (χ2n) is 8.58. The van der Waals surface area contributed by atoms with E-state index in [1.165, 1.54) is 47.3 Å². The van der Waals surface area contributed by atoms with Crippen LogP contribution in [0.15, 0.2) is 36.4 Å². The highest BCUT2D eigenvalue weighted by atomic mass is 32.1. The molecule has 0 atom stereocenters. The van der Waals surface area contributed by atoms with Crippen LogP contribution in [0.5, 0.6) is 0 Å². The van der Waals surface area contributed by atoms with Crippen molar-refractivity contribution in [3.05, 3.63) is 52.5 Å². The van der Waals surface area contributed by atoms with Crippen LogP contribution in [0.1, 0.15) is 40.2 Å². The first-order valence-electron chi connectivity index (χ1n) is 11.3. The Bertz CT molecular complexity index is 1150. The Balaban J connectivity index is 1.19. The maximum Gasteiger partial charge on any atom is 0.417 e. The molecule has 1 aromatic carbocycles. The fourth-order valence-corrected chi connectivity index (χ4v) is 4.85. The number of alkyl halides is 3. The molecule has 0 unspecified atom stereocenters. The lowest BCUT2D eigenvalue weighted by Crippen LogP contribution is -2.49. The Hall–Kier alpha value is -3.08. The summed E-state index contributed by atoms with van der Waals surface area (Å²) < 4.78 is 39.9. The standard InChI is InChI=1S/C23H23F3N6OS/c24-23(25,26)17-4-2-1-3-16(17)22(33)32-13-11-31(12-14-32)19-9-8-18(27-28-19)21-30-29-20(34-21)10-7-15-5-6-15/h1-4,8-9,15H,5-7,10-14H2. The van der Waals surface area contributed by atoms with E-state index in [-0.39, 0.29) is 5.56 Å². The summed E-state index contributed by atoms with van der Waals surface area (Å²) >= 11 is 1.54. The first kappa shape index (κ1) is 22.7. The van der Waals surface area contributed by atoms with Crippen molar-refractivity contribution >= 4 is 23.1 Å². The number of aromatic nitrogens is 4. The Morgan fingerprint density at radius 2 is 1.74 bits per heavy atom. The van der Waals surface area contributed by atoms with Crippen LogP contribution >= 0.6 is 11.3 Å². The SMILES string of the molecule is O=C(c1ccccc1C(F)(F)F)N1CCN(c2ccc(-c3nnc(CCC4CC4)s3)nn2)CC1. The van der Waals surface area contributed by atoms with Crippen molar-refractivity contribution in [1.82, 2.24) is 25.3 Å². The Labute approximate surface area is 198 Å². The molecule has 11 heteroatoms. The molecular formula is C23H23F3N6OS. The number of amides is 1. The zero-order chi connectivity index (χ0) is 23.7. The van der Waals surface area contributed by atoms with Crippen molar-refractivity contribution in [2.24, 2.45) is 5.92 Å². The average molecular weight is 489 g/mol. The van der Waals surface area contributed by atoms with Crippen LogP contribution in [0.4, 0.5) is 19.0 Å². The normalized spacial score (nSPS) is 16.7. The van der Waals surface area contributed by atoms with Gasteiger partial charge in [0.1, 0.15) is 10.7 Å². The third kappa shape index (κ3) is 5.03. The maximum absolute atomic E-state index is 13.3. The smallest absolute Gasteiger partial charge is 0.352 e. The summed E-state index contributed by atoms with van der Waals surface area (Å²) in [5, 5.41) is 18.9. The number of hydrogen-bond donors (Lipinski definition) is 0. The summed E-state index contributed by atoms with van der Waals surface area (Å²) in [6, 6.07) is 8.61. The number of benzene rings is 1. The number of halogens is 3. The van der Waals surface area contributed by atoms with Crippen LogP contribution < -0.4 is 4.90 Å². The lowest BCUT2D eigenvalue weighted by Gasteiger charge is -2.35. The van der Waals surface area contributed by atoms with Gasteiger partial charge in [0, 0.05) is 32.6 Å². The lowest BCUT2D eigenvalue weighted by atomic mass is 10.1. The molecule has 3 heterocycles. The second-order valence-corrected chi connectivity index (χ2v) is 9.64. The highest BCUT2D eigenvalue weighted by Gasteiger charge is 2.36. The predicted octanol–water partition coefficient (Wildman–Crippen LogP) is 4.32. The molecule has 2 fully saturated rings. The van der Waals surface area contributed by atoms with Crippen LogP contribution in [0.3, 0.4) is 0 Å². The molecule has 7 nitrogen and oxygen atoms in total. The summed E-state index contributed by atoms with van der Waals surface area (Å²) in [5.41, 5.74) is -0.561. The van der Waals surface area contributed by atoms with E-state index >= 15 is 0 Å². The molecule has 3 aromatic rings. The molecule has 5 rings (SSSR count). The van der Waals surface area contributed by atoms with Crippen LogP contribution in [-0.4, -0.2) is 57.4 Å². The molecule has 2 aromatic heterocycles. The van der Waals surface area contributed by atoms with Crippen molar-refractivity contribution in [3.8, 4) is 10.7 Å². The molecule has 1 amide bonds. The molecule has 0 bridgehead atoms. The van der Waals surface area contributed by atoms with Gasteiger partial charge in [-0.25, -0.2) is 0 Å². The molecule has 2 aliphatic rings. The number of carbonyl (C=O) groups excluding carboxylic acids is 1.